The molecule has 0 heterocycles. The largest absolute Gasteiger partial charge is 0.446 e. The van der Waals surface area contributed by atoms with Gasteiger partial charge in [0.15, 0.2) is 0 Å². The first-order valence-electron chi connectivity index (χ1n) is 9.90. The van der Waals surface area contributed by atoms with Crippen LogP contribution in [0.3, 0.4) is 0 Å². The first kappa shape index (κ1) is 23.7. The van der Waals surface area contributed by atoms with Crippen molar-refractivity contribution in [2.24, 2.45) is 0 Å². The minimum Gasteiger partial charge on any atom is -0.446 e. The van der Waals surface area contributed by atoms with Crippen LogP contribution in [0, 0.1) is 18.3 Å². The number of aryl methyl sites for hydroxylation is 1. The number of amides is 1. The van der Waals surface area contributed by atoms with Gasteiger partial charge in [0, 0.05) is 11.3 Å². The molecule has 0 bridgehead atoms. The van der Waals surface area contributed by atoms with Gasteiger partial charge < -0.3 is 10.1 Å². The van der Waals surface area contributed by atoms with E-state index in [0.29, 0.717) is 16.8 Å². The Bertz CT molecular complexity index is 1270. The lowest BCUT2D eigenvalue weighted by molar-refractivity contribution is -0.153. The summed E-state index contributed by atoms with van der Waals surface area (Å²) < 4.78 is 32.3. The molecule has 8 nitrogen and oxygen atoms in total. The van der Waals surface area contributed by atoms with Crippen LogP contribution in [0.15, 0.2) is 83.8 Å². The molecule has 1 unspecified atom stereocenters. The van der Waals surface area contributed by atoms with Crippen molar-refractivity contribution >= 4 is 27.6 Å². The number of anilines is 1. The first-order valence-corrected chi connectivity index (χ1v) is 11.4. The number of ether oxygens (including phenoxy) is 1. The number of nitrogens with one attached hydrogen (secondary N) is 2. The van der Waals surface area contributed by atoms with Gasteiger partial charge in [-0.2, -0.15) is 9.98 Å². The van der Waals surface area contributed by atoms with Crippen LogP contribution in [-0.2, 0) is 24.3 Å². The molecular weight excluding hydrogens is 442 g/mol. The number of nitrogens with zero attached hydrogens (tertiary/aromatic N) is 1. The predicted molar refractivity (Wildman–Crippen MR) is 121 cm³/mol. The topological polar surface area (TPSA) is 125 Å². The van der Waals surface area contributed by atoms with Gasteiger partial charge in [-0.05, 0) is 43.3 Å². The van der Waals surface area contributed by atoms with Gasteiger partial charge in [0.25, 0.3) is 5.91 Å². The van der Waals surface area contributed by atoms with E-state index >= 15 is 0 Å². The molecule has 33 heavy (non-hydrogen) atoms. The minimum atomic E-state index is -4.01. The average Bonchev–Trinajstić information content (AvgIpc) is 2.83. The van der Waals surface area contributed by atoms with Gasteiger partial charge in [0.1, 0.15) is 6.54 Å². The Morgan fingerprint density at radius 3 is 2.21 bits per heavy atom. The molecule has 1 amide bonds. The van der Waals surface area contributed by atoms with Crippen LogP contribution in [0.5, 0.6) is 0 Å². The van der Waals surface area contributed by atoms with Crippen molar-refractivity contribution in [3.8, 4) is 6.07 Å². The zero-order valence-electron chi connectivity index (χ0n) is 17.7. The van der Waals surface area contributed by atoms with Gasteiger partial charge in [0.2, 0.25) is 16.1 Å². The highest BCUT2D eigenvalue weighted by molar-refractivity contribution is 7.89. The maximum Gasteiger partial charge on any atom is 0.322 e. The van der Waals surface area contributed by atoms with Gasteiger partial charge in [-0.1, -0.05) is 48.0 Å². The number of nitriles is 1. The molecule has 0 radical (unpaired) electrons. The summed E-state index contributed by atoms with van der Waals surface area (Å²) in [5.41, 5.74) is 2.29. The summed E-state index contributed by atoms with van der Waals surface area (Å²) in [6.45, 7) is 1.24. The van der Waals surface area contributed by atoms with E-state index in [1.165, 1.54) is 24.3 Å². The Morgan fingerprint density at radius 1 is 0.970 bits per heavy atom. The molecule has 2 N–H and O–H groups in total. The van der Waals surface area contributed by atoms with Crippen molar-refractivity contribution in [1.82, 2.24) is 4.72 Å². The van der Waals surface area contributed by atoms with Crippen molar-refractivity contribution < 1.29 is 22.7 Å². The van der Waals surface area contributed by atoms with E-state index in [1.54, 1.807) is 42.5 Å². The van der Waals surface area contributed by atoms with E-state index in [0.717, 1.165) is 5.56 Å². The lowest BCUT2D eigenvalue weighted by Gasteiger charge is -2.18. The van der Waals surface area contributed by atoms with Gasteiger partial charge in [-0.15, -0.1) is 0 Å². The first-order chi connectivity index (χ1) is 15.8. The number of hydrogen-bond donors (Lipinski definition) is 2. The van der Waals surface area contributed by atoms with E-state index in [4.69, 9.17) is 10.00 Å². The van der Waals surface area contributed by atoms with Crippen LogP contribution in [0.1, 0.15) is 22.8 Å². The molecule has 168 valence electrons. The number of esters is 1. The normalized spacial score (nSPS) is 11.8. The molecule has 0 aliphatic rings. The van der Waals surface area contributed by atoms with Gasteiger partial charge in [0.05, 0.1) is 16.5 Å². The smallest absolute Gasteiger partial charge is 0.322 e. The maximum absolute atomic E-state index is 12.9. The monoisotopic (exact) mass is 463 g/mol. The van der Waals surface area contributed by atoms with Crippen molar-refractivity contribution in [3.63, 3.8) is 0 Å². The Morgan fingerprint density at radius 2 is 1.61 bits per heavy atom. The second kappa shape index (κ2) is 10.5. The van der Waals surface area contributed by atoms with Gasteiger partial charge in [-0.3, -0.25) is 9.59 Å². The molecule has 3 aromatic carbocycles. The Balaban J connectivity index is 1.70. The fourth-order valence-electron chi connectivity index (χ4n) is 2.86. The Labute approximate surface area is 191 Å². The molecule has 0 fully saturated rings. The number of rotatable bonds is 8. The third kappa shape index (κ3) is 6.49. The lowest BCUT2D eigenvalue weighted by atomic mass is 10.1. The molecule has 1 atom stereocenters. The van der Waals surface area contributed by atoms with E-state index < -0.39 is 34.5 Å². The summed E-state index contributed by atoms with van der Waals surface area (Å²) in [4.78, 5) is 25.2. The summed E-state index contributed by atoms with van der Waals surface area (Å²) >= 11 is 0. The molecule has 0 saturated heterocycles. The van der Waals surface area contributed by atoms with Crippen molar-refractivity contribution in [3.05, 3.63) is 95.6 Å². The Hall–Kier alpha value is -4.00. The van der Waals surface area contributed by atoms with Crippen LogP contribution < -0.4 is 10.0 Å². The maximum atomic E-state index is 12.9. The highest BCUT2D eigenvalue weighted by Gasteiger charge is 2.26. The highest BCUT2D eigenvalue weighted by atomic mass is 32.2. The van der Waals surface area contributed by atoms with Gasteiger partial charge >= 0.3 is 5.97 Å². The molecule has 0 aliphatic carbocycles. The third-order valence-electron chi connectivity index (χ3n) is 4.61. The molecule has 0 aliphatic heterocycles. The lowest BCUT2D eigenvalue weighted by Crippen LogP contribution is -2.33. The zero-order chi connectivity index (χ0) is 23.8. The molecule has 0 spiro atoms. The van der Waals surface area contributed by atoms with Crippen molar-refractivity contribution in [1.29, 1.82) is 5.26 Å². The van der Waals surface area contributed by atoms with Crippen LogP contribution in [-0.4, -0.2) is 26.8 Å². The summed E-state index contributed by atoms with van der Waals surface area (Å²) in [6, 6.07) is 22.6. The molecule has 0 aromatic heterocycles. The van der Waals surface area contributed by atoms with Crippen LogP contribution in [0.2, 0.25) is 0 Å². The van der Waals surface area contributed by atoms with E-state index in [9.17, 15) is 18.0 Å². The summed E-state index contributed by atoms with van der Waals surface area (Å²) in [7, 11) is -4.01. The number of sulfonamides is 1. The van der Waals surface area contributed by atoms with Gasteiger partial charge in [-0.25, -0.2) is 8.42 Å². The van der Waals surface area contributed by atoms with Crippen LogP contribution in [0.4, 0.5) is 5.69 Å². The van der Waals surface area contributed by atoms with Crippen LogP contribution in [0.25, 0.3) is 0 Å². The Kier molecular flexibility index (Phi) is 7.56. The van der Waals surface area contributed by atoms with Crippen LogP contribution >= 0.6 is 0 Å². The molecule has 9 heteroatoms. The molecule has 0 saturated carbocycles. The average molecular weight is 464 g/mol. The number of carbonyl (C=O) groups excluding carboxylic acids is 2. The fourth-order valence-corrected chi connectivity index (χ4v) is 3.83. The summed E-state index contributed by atoms with van der Waals surface area (Å²) in [6.07, 6.45) is -1.28. The minimum absolute atomic E-state index is 0.106. The van der Waals surface area contributed by atoms with E-state index in [2.05, 4.69) is 10.0 Å². The SMILES string of the molecule is Cc1ccc(NC(=O)C(OC(=O)CNS(=O)(=O)c2ccc(C#N)cc2)c2ccccc2)cc1. The molecule has 3 aromatic rings. The molecular formula is C24H21N3O5S. The second-order valence-electron chi connectivity index (χ2n) is 7.10. The number of carbonyl (C=O) groups is 2. The molecule has 3 rings (SSSR count). The number of hydrogen-bond acceptors (Lipinski definition) is 6. The quantitative estimate of drug-likeness (QED) is 0.495. The zero-order valence-corrected chi connectivity index (χ0v) is 18.5. The number of benzene rings is 3. The van der Waals surface area contributed by atoms with Crippen molar-refractivity contribution in [2.45, 2.75) is 17.9 Å². The predicted octanol–water partition coefficient (Wildman–Crippen LogP) is 3.07. The fraction of sp³-hybridized carbons (Fsp3) is 0.125. The summed E-state index contributed by atoms with van der Waals surface area (Å²) in [5, 5.41) is 11.5. The summed E-state index contributed by atoms with van der Waals surface area (Å²) in [5.74, 6) is -1.51. The third-order valence-corrected chi connectivity index (χ3v) is 6.03. The van der Waals surface area contributed by atoms with Crippen molar-refractivity contribution in [2.75, 3.05) is 11.9 Å². The van der Waals surface area contributed by atoms with E-state index in [-0.39, 0.29) is 4.90 Å². The second-order valence-corrected chi connectivity index (χ2v) is 8.86. The van der Waals surface area contributed by atoms with E-state index in [1.807, 2.05) is 25.1 Å². The standard InChI is InChI=1S/C24H21N3O5S/c1-17-7-11-20(12-8-17)27-24(29)23(19-5-3-2-4-6-19)32-22(28)16-26-33(30,31)21-13-9-18(15-25)10-14-21/h2-14,23,26H,16H2,1H3,(H,27,29). The highest BCUT2D eigenvalue weighted by Crippen LogP contribution is 2.20.